The molecule has 15 heavy (non-hydrogen) atoms. The van der Waals surface area contributed by atoms with Gasteiger partial charge in [0, 0.05) is 6.54 Å². The minimum atomic E-state index is 0.297. The molecule has 0 bridgehead atoms. The van der Waals surface area contributed by atoms with E-state index < -0.39 is 0 Å². The maximum atomic E-state index is 6.06. The Kier molecular flexibility index (Phi) is 3.10. The van der Waals surface area contributed by atoms with Crippen LogP contribution in [0.15, 0.2) is 18.2 Å². The van der Waals surface area contributed by atoms with Gasteiger partial charge in [-0.1, -0.05) is 29.3 Å². The zero-order valence-corrected chi connectivity index (χ0v) is 9.91. The number of rotatable bonds is 4. The van der Waals surface area contributed by atoms with Crippen molar-refractivity contribution in [2.75, 3.05) is 18.4 Å². The van der Waals surface area contributed by atoms with Gasteiger partial charge in [-0.05, 0) is 36.9 Å². The zero-order chi connectivity index (χ0) is 10.9. The summed E-state index contributed by atoms with van der Waals surface area (Å²) in [5, 5.41) is 4.48. The molecule has 0 spiro atoms. The van der Waals surface area contributed by atoms with Crippen LogP contribution in [-0.4, -0.2) is 13.1 Å². The number of anilines is 1. The van der Waals surface area contributed by atoms with E-state index in [0.29, 0.717) is 15.5 Å². The summed E-state index contributed by atoms with van der Waals surface area (Å²) in [6.07, 6.45) is 2.41. The molecule has 4 heteroatoms. The summed E-state index contributed by atoms with van der Waals surface area (Å²) in [5.41, 5.74) is 6.89. The summed E-state index contributed by atoms with van der Waals surface area (Å²) in [6, 6.07) is 5.60. The summed E-state index contributed by atoms with van der Waals surface area (Å²) < 4.78 is 0. The lowest BCUT2D eigenvalue weighted by molar-refractivity contribution is 0.556. The molecule has 0 amide bonds. The molecule has 2 rings (SSSR count). The molecule has 82 valence electrons. The van der Waals surface area contributed by atoms with Gasteiger partial charge < -0.3 is 11.1 Å². The Bertz CT molecular complexity index is 362. The van der Waals surface area contributed by atoms with Crippen molar-refractivity contribution in [3.8, 4) is 0 Å². The Hall–Kier alpha value is -0.440. The minimum absolute atomic E-state index is 0.297. The molecule has 1 aliphatic carbocycles. The average Bonchev–Trinajstić information content (AvgIpc) is 3.01. The Morgan fingerprint density at radius 1 is 1.33 bits per heavy atom. The Morgan fingerprint density at radius 2 is 2.07 bits per heavy atom. The zero-order valence-electron chi connectivity index (χ0n) is 8.39. The molecule has 1 aromatic carbocycles. The molecule has 2 nitrogen and oxygen atoms in total. The fraction of sp³-hybridized carbons (Fsp3) is 0.455. The third-order valence-electron chi connectivity index (χ3n) is 3.00. The van der Waals surface area contributed by atoms with E-state index in [1.165, 1.54) is 12.8 Å². The molecule has 0 aromatic heterocycles. The molecule has 0 atom stereocenters. The second-order valence-corrected chi connectivity index (χ2v) is 4.94. The van der Waals surface area contributed by atoms with Gasteiger partial charge in [0.2, 0.25) is 0 Å². The van der Waals surface area contributed by atoms with Gasteiger partial charge in [0.05, 0.1) is 15.7 Å². The van der Waals surface area contributed by atoms with Gasteiger partial charge in [0.25, 0.3) is 0 Å². The molecule has 0 aliphatic heterocycles. The molecule has 1 saturated carbocycles. The number of halogens is 2. The van der Waals surface area contributed by atoms with Crippen LogP contribution in [0, 0.1) is 5.41 Å². The average molecular weight is 245 g/mol. The van der Waals surface area contributed by atoms with Crippen LogP contribution in [0.25, 0.3) is 0 Å². The summed E-state index contributed by atoms with van der Waals surface area (Å²) in [6.45, 7) is 1.61. The fourth-order valence-corrected chi connectivity index (χ4v) is 1.92. The molecule has 1 aliphatic rings. The van der Waals surface area contributed by atoms with Gasteiger partial charge in [-0.15, -0.1) is 0 Å². The standard InChI is InChI=1S/C11H14Cl2N2/c12-8-2-1-3-9(10(8)13)15-7-11(6-14)4-5-11/h1-3,15H,4-7,14H2. The molecule has 0 saturated heterocycles. The first-order chi connectivity index (χ1) is 7.17. The van der Waals surface area contributed by atoms with Crippen molar-refractivity contribution in [3.63, 3.8) is 0 Å². The highest BCUT2D eigenvalue weighted by Gasteiger charge is 2.40. The molecular formula is C11H14Cl2N2. The van der Waals surface area contributed by atoms with Crippen LogP contribution < -0.4 is 11.1 Å². The predicted octanol–water partition coefficient (Wildman–Crippen LogP) is 3.14. The highest BCUT2D eigenvalue weighted by Crippen LogP contribution is 2.44. The van der Waals surface area contributed by atoms with Crippen LogP contribution in [0.3, 0.4) is 0 Å². The van der Waals surface area contributed by atoms with Crippen LogP contribution in [0.5, 0.6) is 0 Å². The molecule has 0 heterocycles. The number of hydrogen-bond donors (Lipinski definition) is 2. The van der Waals surface area contributed by atoms with Crippen LogP contribution in [0.2, 0.25) is 10.0 Å². The second-order valence-electron chi connectivity index (χ2n) is 4.16. The number of benzene rings is 1. The number of nitrogens with one attached hydrogen (secondary N) is 1. The molecule has 1 fully saturated rings. The van der Waals surface area contributed by atoms with Gasteiger partial charge in [-0.2, -0.15) is 0 Å². The van der Waals surface area contributed by atoms with Crippen molar-refractivity contribution in [1.82, 2.24) is 0 Å². The lowest BCUT2D eigenvalue weighted by Crippen LogP contribution is -2.24. The first kappa shape index (κ1) is 11.1. The Balaban J connectivity index is 2.02. The van der Waals surface area contributed by atoms with Crippen molar-refractivity contribution in [3.05, 3.63) is 28.2 Å². The minimum Gasteiger partial charge on any atom is -0.383 e. The largest absolute Gasteiger partial charge is 0.383 e. The molecular weight excluding hydrogens is 231 g/mol. The number of hydrogen-bond acceptors (Lipinski definition) is 2. The summed E-state index contributed by atoms with van der Waals surface area (Å²) >= 11 is 12.0. The maximum absolute atomic E-state index is 6.06. The van der Waals surface area contributed by atoms with Gasteiger partial charge in [-0.3, -0.25) is 0 Å². The van der Waals surface area contributed by atoms with Crippen LogP contribution >= 0.6 is 23.2 Å². The van der Waals surface area contributed by atoms with Gasteiger partial charge >= 0.3 is 0 Å². The van der Waals surface area contributed by atoms with E-state index in [0.717, 1.165) is 18.8 Å². The first-order valence-electron chi connectivity index (χ1n) is 5.05. The molecule has 0 unspecified atom stereocenters. The second kappa shape index (κ2) is 4.20. The van der Waals surface area contributed by atoms with Crippen LogP contribution in [0.1, 0.15) is 12.8 Å². The molecule has 1 aromatic rings. The van der Waals surface area contributed by atoms with Crippen LogP contribution in [-0.2, 0) is 0 Å². The van der Waals surface area contributed by atoms with E-state index in [-0.39, 0.29) is 0 Å². The Morgan fingerprint density at radius 3 is 2.67 bits per heavy atom. The number of nitrogens with two attached hydrogens (primary N) is 1. The lowest BCUT2D eigenvalue weighted by Gasteiger charge is -2.15. The maximum Gasteiger partial charge on any atom is 0.0823 e. The van der Waals surface area contributed by atoms with Gasteiger partial charge in [0.15, 0.2) is 0 Å². The van der Waals surface area contributed by atoms with Gasteiger partial charge in [0.1, 0.15) is 0 Å². The summed E-state index contributed by atoms with van der Waals surface area (Å²) in [5.74, 6) is 0. The lowest BCUT2D eigenvalue weighted by atomic mass is 10.1. The third kappa shape index (κ3) is 2.39. The molecule has 0 radical (unpaired) electrons. The third-order valence-corrected chi connectivity index (χ3v) is 3.81. The van der Waals surface area contributed by atoms with Gasteiger partial charge in [-0.25, -0.2) is 0 Å². The van der Waals surface area contributed by atoms with Crippen molar-refractivity contribution in [2.45, 2.75) is 12.8 Å². The van der Waals surface area contributed by atoms with E-state index in [4.69, 9.17) is 28.9 Å². The van der Waals surface area contributed by atoms with E-state index >= 15 is 0 Å². The van der Waals surface area contributed by atoms with Crippen LogP contribution in [0.4, 0.5) is 5.69 Å². The Labute approximate surface area is 99.7 Å². The van der Waals surface area contributed by atoms with Crippen molar-refractivity contribution in [1.29, 1.82) is 0 Å². The quantitative estimate of drug-likeness (QED) is 0.855. The van der Waals surface area contributed by atoms with E-state index in [1.54, 1.807) is 6.07 Å². The van der Waals surface area contributed by atoms with E-state index in [1.807, 2.05) is 12.1 Å². The highest BCUT2D eigenvalue weighted by molar-refractivity contribution is 6.43. The summed E-state index contributed by atoms with van der Waals surface area (Å²) in [4.78, 5) is 0. The monoisotopic (exact) mass is 244 g/mol. The van der Waals surface area contributed by atoms with E-state index in [9.17, 15) is 0 Å². The SMILES string of the molecule is NCC1(CNc2cccc(Cl)c2Cl)CC1. The highest BCUT2D eigenvalue weighted by atomic mass is 35.5. The van der Waals surface area contributed by atoms with Crippen molar-refractivity contribution < 1.29 is 0 Å². The summed E-state index contributed by atoms with van der Waals surface area (Å²) in [7, 11) is 0. The molecule has 3 N–H and O–H groups in total. The first-order valence-corrected chi connectivity index (χ1v) is 5.80. The fourth-order valence-electron chi connectivity index (χ4n) is 1.55. The smallest absolute Gasteiger partial charge is 0.0823 e. The predicted molar refractivity (Wildman–Crippen MR) is 65.7 cm³/mol. The van der Waals surface area contributed by atoms with Crippen molar-refractivity contribution in [2.24, 2.45) is 11.1 Å². The topological polar surface area (TPSA) is 38.0 Å². The normalized spacial score (nSPS) is 17.5. The van der Waals surface area contributed by atoms with Crippen molar-refractivity contribution >= 4 is 28.9 Å². The van der Waals surface area contributed by atoms with E-state index in [2.05, 4.69) is 5.32 Å².